The first-order chi connectivity index (χ1) is 12.7. The molecule has 4 fully saturated rings. The van der Waals surface area contributed by atoms with Gasteiger partial charge in [0, 0.05) is 18.8 Å². The van der Waals surface area contributed by atoms with Crippen LogP contribution in [0.2, 0.25) is 0 Å². The van der Waals surface area contributed by atoms with Crippen LogP contribution in [0.1, 0.15) is 32.1 Å². The Labute approximate surface area is 150 Å². The number of hydrogen-bond donors (Lipinski definition) is 2. The first-order valence-electron chi connectivity index (χ1n) is 9.14. The Kier molecular flexibility index (Phi) is 3.84. The molecule has 3 saturated carbocycles. The monoisotopic (exact) mass is 356 g/mol. The predicted octanol–water partition coefficient (Wildman–Crippen LogP) is 2.71. The number of fused-ring (bicyclic) bond motifs is 2. The second-order valence-corrected chi connectivity index (χ2v) is 7.45. The van der Waals surface area contributed by atoms with Crippen LogP contribution in [-0.2, 0) is 4.84 Å². The fourth-order valence-corrected chi connectivity index (χ4v) is 4.64. The Hall–Kier alpha value is -2.16. The molecule has 0 aromatic carbocycles. The number of aromatic nitrogens is 3. The van der Waals surface area contributed by atoms with E-state index < -0.39 is 5.95 Å². The van der Waals surface area contributed by atoms with Gasteiger partial charge in [0.05, 0.1) is 11.3 Å². The van der Waals surface area contributed by atoms with Crippen molar-refractivity contribution in [2.75, 3.05) is 12.0 Å². The van der Waals surface area contributed by atoms with Gasteiger partial charge in [-0.3, -0.25) is 10.3 Å². The zero-order valence-electron chi connectivity index (χ0n) is 14.4. The van der Waals surface area contributed by atoms with Crippen LogP contribution in [0.25, 0.3) is 11.3 Å². The van der Waals surface area contributed by atoms with Gasteiger partial charge >= 0.3 is 0 Å². The quantitative estimate of drug-likeness (QED) is 0.819. The van der Waals surface area contributed by atoms with E-state index in [4.69, 9.17) is 4.84 Å². The molecule has 2 bridgehead atoms. The zero-order chi connectivity index (χ0) is 17.6. The number of rotatable bonds is 3. The molecule has 1 atom stereocenters. The molecule has 2 N–H and O–H groups in total. The van der Waals surface area contributed by atoms with Crippen LogP contribution in [-0.4, -0.2) is 32.4 Å². The molecule has 3 heterocycles. The van der Waals surface area contributed by atoms with Crippen LogP contribution in [0, 0.1) is 17.8 Å². The van der Waals surface area contributed by atoms with E-state index in [-0.39, 0.29) is 5.60 Å². The van der Waals surface area contributed by atoms with E-state index in [0.29, 0.717) is 23.0 Å². The summed E-state index contributed by atoms with van der Waals surface area (Å²) >= 11 is 0. The van der Waals surface area contributed by atoms with E-state index in [1.54, 1.807) is 23.5 Å². The van der Waals surface area contributed by atoms with Gasteiger partial charge in [-0.05, 0) is 61.4 Å². The van der Waals surface area contributed by atoms with Gasteiger partial charge in [0.15, 0.2) is 0 Å². The molecule has 1 aliphatic heterocycles. The Balaban J connectivity index is 1.32. The molecule has 2 aromatic rings. The van der Waals surface area contributed by atoms with Crippen LogP contribution in [0.4, 0.5) is 10.2 Å². The lowest BCUT2D eigenvalue weighted by atomic mass is 9.62. The standard InChI is InChI=1S/C18H21FN6O/c19-17-14(2-1-7-20-17)15-8-16(22-11-21-15)24-25-23-10-18(26-25)9-12-3-5-13(18)6-4-12/h1-2,7-8,11-13,23H,3-6,9-10H2,(H,21,22,24)/t12?,13?,18-/m0/s1. The topological polar surface area (TPSA) is 75.2 Å². The summed E-state index contributed by atoms with van der Waals surface area (Å²) in [5.74, 6) is 1.37. The number of nitrogens with one attached hydrogen (secondary N) is 2. The number of anilines is 1. The van der Waals surface area contributed by atoms with E-state index in [9.17, 15) is 4.39 Å². The van der Waals surface area contributed by atoms with Gasteiger partial charge in [0.1, 0.15) is 17.7 Å². The lowest BCUT2D eigenvalue weighted by Gasteiger charge is -2.47. The van der Waals surface area contributed by atoms with Gasteiger partial charge in [-0.15, -0.1) is 0 Å². The van der Waals surface area contributed by atoms with Crippen molar-refractivity contribution in [2.24, 2.45) is 11.8 Å². The van der Waals surface area contributed by atoms with Crippen molar-refractivity contribution in [1.82, 2.24) is 25.7 Å². The third-order valence-corrected chi connectivity index (χ3v) is 5.94. The van der Waals surface area contributed by atoms with E-state index in [0.717, 1.165) is 18.9 Å². The summed E-state index contributed by atoms with van der Waals surface area (Å²) < 4.78 is 13.9. The van der Waals surface area contributed by atoms with Crippen molar-refractivity contribution in [3.8, 4) is 11.3 Å². The Morgan fingerprint density at radius 3 is 2.88 bits per heavy atom. The maximum absolute atomic E-state index is 13.9. The van der Waals surface area contributed by atoms with Crippen molar-refractivity contribution >= 4 is 5.82 Å². The normalized spacial score (nSPS) is 30.8. The summed E-state index contributed by atoms with van der Waals surface area (Å²) in [5.41, 5.74) is 7.08. The Bertz CT molecular complexity index is 812. The molecule has 26 heavy (non-hydrogen) atoms. The van der Waals surface area contributed by atoms with E-state index in [1.165, 1.54) is 38.2 Å². The molecular formula is C18H21FN6O. The van der Waals surface area contributed by atoms with E-state index in [1.807, 2.05) is 0 Å². The minimum Gasteiger partial charge on any atom is -0.265 e. The molecule has 136 valence electrons. The Morgan fingerprint density at radius 1 is 1.23 bits per heavy atom. The van der Waals surface area contributed by atoms with Crippen molar-refractivity contribution in [3.05, 3.63) is 36.7 Å². The van der Waals surface area contributed by atoms with Crippen molar-refractivity contribution in [1.29, 1.82) is 0 Å². The molecule has 0 unspecified atom stereocenters. The summed E-state index contributed by atoms with van der Waals surface area (Å²) in [4.78, 5) is 18.3. The lowest BCUT2D eigenvalue weighted by molar-refractivity contribution is -0.235. The highest BCUT2D eigenvalue weighted by molar-refractivity contribution is 5.61. The van der Waals surface area contributed by atoms with Gasteiger partial charge < -0.3 is 0 Å². The van der Waals surface area contributed by atoms with Gasteiger partial charge in [-0.2, -0.15) is 4.39 Å². The molecule has 1 saturated heterocycles. The second-order valence-electron chi connectivity index (χ2n) is 7.45. The third-order valence-electron chi connectivity index (χ3n) is 5.94. The highest BCUT2D eigenvalue weighted by Gasteiger charge is 2.52. The molecular weight excluding hydrogens is 335 g/mol. The number of hydrogen-bond acceptors (Lipinski definition) is 7. The van der Waals surface area contributed by atoms with Crippen LogP contribution in [0.5, 0.6) is 0 Å². The lowest BCUT2D eigenvalue weighted by Crippen LogP contribution is -2.50. The van der Waals surface area contributed by atoms with E-state index >= 15 is 0 Å². The molecule has 2 aromatic heterocycles. The first kappa shape index (κ1) is 16.0. The summed E-state index contributed by atoms with van der Waals surface area (Å²) in [5, 5.41) is 1.55. The maximum Gasteiger partial charge on any atom is 0.222 e. The number of pyridine rings is 1. The summed E-state index contributed by atoms with van der Waals surface area (Å²) in [6, 6.07) is 5.01. The number of hydrazine groups is 2. The molecule has 0 radical (unpaired) electrons. The fourth-order valence-electron chi connectivity index (χ4n) is 4.64. The third kappa shape index (κ3) is 2.74. The molecule has 3 aliphatic carbocycles. The maximum atomic E-state index is 13.9. The highest BCUT2D eigenvalue weighted by Crippen LogP contribution is 2.50. The molecule has 7 nitrogen and oxygen atoms in total. The SMILES string of the molecule is Fc1ncccc1-c1cc(NN2NC[C@]3(CC4CCC3CC4)O2)ncn1. The molecule has 8 heteroatoms. The van der Waals surface area contributed by atoms with Crippen molar-refractivity contribution < 1.29 is 9.23 Å². The first-order valence-corrected chi connectivity index (χ1v) is 9.14. The van der Waals surface area contributed by atoms with Crippen LogP contribution in [0.15, 0.2) is 30.7 Å². The van der Waals surface area contributed by atoms with Crippen LogP contribution >= 0.6 is 0 Å². The van der Waals surface area contributed by atoms with Crippen LogP contribution < -0.4 is 10.9 Å². The highest BCUT2D eigenvalue weighted by atomic mass is 19.1. The van der Waals surface area contributed by atoms with Gasteiger partial charge in [-0.25, -0.2) is 20.4 Å². The summed E-state index contributed by atoms with van der Waals surface area (Å²) in [7, 11) is 0. The minimum absolute atomic E-state index is 0.112. The van der Waals surface area contributed by atoms with Crippen molar-refractivity contribution in [2.45, 2.75) is 37.7 Å². The summed E-state index contributed by atoms with van der Waals surface area (Å²) in [6.07, 6.45) is 9.08. The summed E-state index contributed by atoms with van der Waals surface area (Å²) in [6.45, 7) is 0.802. The van der Waals surface area contributed by atoms with Gasteiger partial charge in [0.2, 0.25) is 5.95 Å². The van der Waals surface area contributed by atoms with Gasteiger partial charge in [0.25, 0.3) is 0 Å². The van der Waals surface area contributed by atoms with Crippen LogP contribution in [0.3, 0.4) is 0 Å². The van der Waals surface area contributed by atoms with Gasteiger partial charge in [-0.1, -0.05) is 0 Å². The largest absolute Gasteiger partial charge is 0.265 e. The molecule has 4 aliphatic rings. The predicted molar refractivity (Wildman–Crippen MR) is 92.6 cm³/mol. The molecule has 6 rings (SSSR count). The minimum atomic E-state index is -0.551. The average Bonchev–Trinajstić information content (AvgIpc) is 3.05. The van der Waals surface area contributed by atoms with Crippen molar-refractivity contribution in [3.63, 3.8) is 0 Å². The number of nitrogens with zero attached hydrogens (tertiary/aromatic N) is 4. The average molecular weight is 356 g/mol. The number of halogens is 1. The zero-order valence-corrected chi connectivity index (χ0v) is 14.4. The smallest absolute Gasteiger partial charge is 0.222 e. The van der Waals surface area contributed by atoms with E-state index in [2.05, 4.69) is 25.8 Å². The second kappa shape index (κ2) is 6.22. The molecule has 1 spiro atoms. The fraction of sp³-hybridized carbons (Fsp3) is 0.500. The molecule has 0 amide bonds. The Morgan fingerprint density at radius 2 is 2.12 bits per heavy atom.